The van der Waals surface area contributed by atoms with Crippen LogP contribution in [0.5, 0.6) is 0 Å². The Morgan fingerprint density at radius 1 is 1.41 bits per heavy atom. The molecule has 90 valence electrons. The van der Waals surface area contributed by atoms with Crippen molar-refractivity contribution in [3.8, 4) is 0 Å². The molecule has 0 saturated carbocycles. The van der Waals surface area contributed by atoms with Gasteiger partial charge in [0.15, 0.2) is 11.5 Å². The third-order valence-electron chi connectivity index (χ3n) is 2.59. The minimum Gasteiger partial charge on any atom is -0.494 e. The summed E-state index contributed by atoms with van der Waals surface area (Å²) >= 11 is 5.95. The molecule has 0 spiro atoms. The highest BCUT2D eigenvalue weighted by molar-refractivity contribution is 6.30. The molecule has 0 aromatic heterocycles. The van der Waals surface area contributed by atoms with E-state index in [-0.39, 0.29) is 0 Å². The number of halogens is 1. The normalized spacial score (nSPS) is 13.8. The molecular formula is C12H12ClNO3. The number of hydrogen-bond donors (Lipinski definition) is 1. The average Bonchev–Trinajstić information content (AvgIpc) is 2.36. The van der Waals surface area contributed by atoms with Gasteiger partial charge in [0.2, 0.25) is 0 Å². The highest BCUT2D eigenvalue weighted by Gasteiger charge is 2.25. The molecule has 1 aromatic carbocycles. The Bertz CT molecular complexity index is 497. The summed E-state index contributed by atoms with van der Waals surface area (Å²) in [6, 6.07) is 5.48. The number of nitrogens with one attached hydrogen (secondary N) is 1. The van der Waals surface area contributed by atoms with Gasteiger partial charge in [-0.2, -0.15) is 0 Å². The summed E-state index contributed by atoms with van der Waals surface area (Å²) in [5, 5.41) is 3.58. The van der Waals surface area contributed by atoms with E-state index in [4.69, 9.17) is 21.1 Å². The summed E-state index contributed by atoms with van der Waals surface area (Å²) in [5.74, 6) is 0.00748. The average molecular weight is 254 g/mol. The number of rotatable bonds is 2. The fourth-order valence-corrected chi connectivity index (χ4v) is 1.96. The Morgan fingerprint density at radius 2 is 2.18 bits per heavy atom. The number of carbonyl (C=O) groups is 1. The lowest BCUT2D eigenvalue weighted by Gasteiger charge is -2.22. The molecule has 0 unspecified atom stereocenters. The number of methoxy groups -OCH3 is 2. The van der Waals surface area contributed by atoms with Crippen molar-refractivity contribution < 1.29 is 14.3 Å². The van der Waals surface area contributed by atoms with E-state index in [1.54, 1.807) is 12.1 Å². The molecule has 1 N–H and O–H groups in total. The molecule has 0 saturated heterocycles. The maximum Gasteiger partial charge on any atom is 0.358 e. The lowest BCUT2D eigenvalue weighted by molar-refractivity contribution is -0.136. The van der Waals surface area contributed by atoms with E-state index in [2.05, 4.69) is 5.32 Å². The van der Waals surface area contributed by atoms with Crippen LogP contribution in [-0.2, 0) is 20.8 Å². The first kappa shape index (κ1) is 11.8. The number of fused-ring (bicyclic) bond motifs is 1. The van der Waals surface area contributed by atoms with E-state index in [9.17, 15) is 4.79 Å². The summed E-state index contributed by atoms with van der Waals surface area (Å²) in [4.78, 5) is 11.6. The van der Waals surface area contributed by atoms with Crippen molar-refractivity contribution in [2.24, 2.45) is 0 Å². The van der Waals surface area contributed by atoms with E-state index < -0.39 is 5.97 Å². The van der Waals surface area contributed by atoms with Crippen molar-refractivity contribution in [3.63, 3.8) is 0 Å². The third-order valence-corrected chi connectivity index (χ3v) is 2.83. The fraction of sp³-hybridized carbons (Fsp3) is 0.250. The van der Waals surface area contributed by atoms with Gasteiger partial charge in [0.1, 0.15) is 0 Å². The van der Waals surface area contributed by atoms with Gasteiger partial charge < -0.3 is 14.8 Å². The molecule has 17 heavy (non-hydrogen) atoms. The van der Waals surface area contributed by atoms with Gasteiger partial charge in [-0.25, -0.2) is 4.79 Å². The second-order valence-electron chi connectivity index (χ2n) is 3.55. The first-order valence-electron chi connectivity index (χ1n) is 5.06. The Balaban J connectivity index is 2.56. The highest BCUT2D eigenvalue weighted by atomic mass is 35.5. The van der Waals surface area contributed by atoms with E-state index in [0.29, 0.717) is 23.0 Å². The number of hydrogen-bond acceptors (Lipinski definition) is 4. The summed E-state index contributed by atoms with van der Waals surface area (Å²) in [6.45, 7) is 0.545. The van der Waals surface area contributed by atoms with Crippen LogP contribution < -0.4 is 5.32 Å². The van der Waals surface area contributed by atoms with E-state index in [1.165, 1.54) is 14.2 Å². The second kappa shape index (κ2) is 4.67. The molecular weight excluding hydrogens is 242 g/mol. The van der Waals surface area contributed by atoms with Crippen molar-refractivity contribution in [2.75, 3.05) is 14.2 Å². The Hall–Kier alpha value is -1.68. The first-order valence-corrected chi connectivity index (χ1v) is 5.44. The predicted molar refractivity (Wildman–Crippen MR) is 64.2 cm³/mol. The van der Waals surface area contributed by atoms with Crippen LogP contribution in [-0.4, -0.2) is 20.2 Å². The number of ether oxygens (including phenoxy) is 2. The van der Waals surface area contributed by atoms with Crippen LogP contribution in [0.4, 0.5) is 0 Å². The van der Waals surface area contributed by atoms with Crippen molar-refractivity contribution in [1.29, 1.82) is 0 Å². The summed E-state index contributed by atoms with van der Waals surface area (Å²) < 4.78 is 9.96. The van der Waals surface area contributed by atoms with Crippen molar-refractivity contribution >= 4 is 23.3 Å². The van der Waals surface area contributed by atoms with Crippen LogP contribution in [0.15, 0.2) is 23.9 Å². The second-order valence-corrected chi connectivity index (χ2v) is 3.99. The molecule has 0 amide bonds. The maximum atomic E-state index is 11.6. The van der Waals surface area contributed by atoms with E-state index in [1.807, 2.05) is 6.07 Å². The van der Waals surface area contributed by atoms with Crippen molar-refractivity contribution in [1.82, 2.24) is 5.32 Å². The molecule has 1 aliphatic rings. The maximum absolute atomic E-state index is 11.6. The summed E-state index contributed by atoms with van der Waals surface area (Å²) in [6.07, 6.45) is 0. The van der Waals surface area contributed by atoms with Crippen LogP contribution in [0.1, 0.15) is 11.1 Å². The smallest absolute Gasteiger partial charge is 0.358 e. The van der Waals surface area contributed by atoms with Gasteiger partial charge in [-0.05, 0) is 17.7 Å². The molecule has 1 heterocycles. The minimum absolute atomic E-state index is 0.324. The minimum atomic E-state index is -0.451. The third kappa shape index (κ3) is 2.08. The van der Waals surface area contributed by atoms with Gasteiger partial charge >= 0.3 is 5.97 Å². The Kier molecular flexibility index (Phi) is 3.24. The number of esters is 1. The van der Waals surface area contributed by atoms with Crippen LogP contribution in [0.2, 0.25) is 5.02 Å². The van der Waals surface area contributed by atoms with Crippen LogP contribution in [0, 0.1) is 0 Å². The molecule has 0 atom stereocenters. The van der Waals surface area contributed by atoms with Gasteiger partial charge in [0, 0.05) is 17.1 Å². The molecule has 4 nitrogen and oxygen atoms in total. The Labute approximate surface area is 104 Å². The van der Waals surface area contributed by atoms with Crippen LogP contribution in [0.25, 0.3) is 5.76 Å². The van der Waals surface area contributed by atoms with Gasteiger partial charge in [-0.1, -0.05) is 17.7 Å². The summed E-state index contributed by atoms with van der Waals surface area (Å²) in [5.41, 5.74) is 2.17. The van der Waals surface area contributed by atoms with Gasteiger partial charge in [0.05, 0.1) is 14.2 Å². The SMILES string of the molecule is COC(=O)C1=C(OC)c2cc(Cl)ccc2CN1. The zero-order chi connectivity index (χ0) is 12.4. The van der Waals surface area contributed by atoms with Crippen LogP contribution in [0.3, 0.4) is 0 Å². The number of benzene rings is 1. The van der Waals surface area contributed by atoms with Crippen LogP contribution >= 0.6 is 11.6 Å². The monoisotopic (exact) mass is 253 g/mol. The zero-order valence-electron chi connectivity index (χ0n) is 9.54. The lowest BCUT2D eigenvalue weighted by atomic mass is 10.0. The molecule has 5 heteroatoms. The largest absolute Gasteiger partial charge is 0.494 e. The topological polar surface area (TPSA) is 47.6 Å². The van der Waals surface area contributed by atoms with E-state index in [0.717, 1.165) is 11.1 Å². The molecule has 2 rings (SSSR count). The molecule has 0 bridgehead atoms. The molecule has 0 fully saturated rings. The van der Waals surface area contributed by atoms with E-state index >= 15 is 0 Å². The van der Waals surface area contributed by atoms with Gasteiger partial charge in [-0.3, -0.25) is 0 Å². The molecule has 1 aliphatic heterocycles. The quantitative estimate of drug-likeness (QED) is 0.819. The predicted octanol–water partition coefficient (Wildman–Crippen LogP) is 1.93. The fourth-order valence-electron chi connectivity index (χ4n) is 1.79. The standard InChI is InChI=1S/C12H12ClNO3/c1-16-11-9-5-8(13)4-3-7(9)6-14-10(11)12(15)17-2/h3-5,14H,6H2,1-2H3. The number of carbonyl (C=O) groups excluding carboxylic acids is 1. The molecule has 0 aliphatic carbocycles. The molecule has 1 aromatic rings. The zero-order valence-corrected chi connectivity index (χ0v) is 10.3. The van der Waals surface area contributed by atoms with Gasteiger partial charge in [0.25, 0.3) is 0 Å². The summed E-state index contributed by atoms with van der Waals surface area (Å²) in [7, 11) is 2.84. The van der Waals surface area contributed by atoms with Gasteiger partial charge in [-0.15, -0.1) is 0 Å². The Morgan fingerprint density at radius 3 is 2.82 bits per heavy atom. The first-order chi connectivity index (χ1) is 8.17. The lowest BCUT2D eigenvalue weighted by Crippen LogP contribution is -2.27. The highest BCUT2D eigenvalue weighted by Crippen LogP contribution is 2.29. The van der Waals surface area contributed by atoms with Crippen molar-refractivity contribution in [3.05, 3.63) is 40.0 Å². The van der Waals surface area contributed by atoms with Crippen molar-refractivity contribution in [2.45, 2.75) is 6.54 Å². The molecule has 0 radical (unpaired) electrons.